The van der Waals surface area contributed by atoms with Gasteiger partial charge < -0.3 is 10.6 Å². The maximum Gasteiger partial charge on any atom is 0.293 e. The summed E-state index contributed by atoms with van der Waals surface area (Å²) in [7, 11) is -4.06. The Morgan fingerprint density at radius 3 is 2.66 bits per heavy atom. The van der Waals surface area contributed by atoms with Crippen LogP contribution in [0.25, 0.3) is 10.9 Å². The summed E-state index contributed by atoms with van der Waals surface area (Å²) in [5, 5.41) is 22.6. The summed E-state index contributed by atoms with van der Waals surface area (Å²) in [5.74, 6) is -0.294. The number of carbonyl (C=O) groups is 1. The standard InChI is InChI=1S/C18H17N5O5S/c19-29(27,28)12-6-7-16(17(11-12)23(25)26)21-10-8-18(24)22-15-5-1-4-14-13(15)3-2-9-20-14/h1-7,9,11,21H,8,10H2,(H,22,24)(H2,19,27,28). The maximum absolute atomic E-state index is 12.2. The number of sulfonamides is 1. The van der Waals surface area contributed by atoms with Crippen molar-refractivity contribution >= 4 is 43.9 Å². The van der Waals surface area contributed by atoms with Gasteiger partial charge in [-0.25, -0.2) is 13.6 Å². The van der Waals surface area contributed by atoms with Crippen LogP contribution in [0.2, 0.25) is 0 Å². The quantitative estimate of drug-likeness (QED) is 0.394. The van der Waals surface area contributed by atoms with Crippen LogP contribution in [0.4, 0.5) is 17.1 Å². The molecule has 0 aliphatic carbocycles. The molecule has 0 saturated carbocycles. The van der Waals surface area contributed by atoms with E-state index in [-0.39, 0.29) is 29.5 Å². The Balaban J connectivity index is 1.66. The highest BCUT2D eigenvalue weighted by Gasteiger charge is 2.19. The lowest BCUT2D eigenvalue weighted by Crippen LogP contribution is -2.17. The van der Waals surface area contributed by atoms with Crippen LogP contribution in [-0.2, 0) is 14.8 Å². The number of nitrogens with two attached hydrogens (primary N) is 1. The smallest absolute Gasteiger partial charge is 0.293 e. The van der Waals surface area contributed by atoms with Crippen molar-refractivity contribution in [2.45, 2.75) is 11.3 Å². The first-order valence-corrected chi connectivity index (χ1v) is 9.99. The molecule has 3 aromatic rings. The molecule has 4 N–H and O–H groups in total. The van der Waals surface area contributed by atoms with E-state index in [2.05, 4.69) is 15.6 Å². The number of primary sulfonamides is 1. The summed E-state index contributed by atoms with van der Waals surface area (Å²) in [6, 6.07) is 12.2. The number of nitro groups is 1. The predicted molar refractivity (Wildman–Crippen MR) is 108 cm³/mol. The van der Waals surface area contributed by atoms with Crippen molar-refractivity contribution in [3.8, 4) is 0 Å². The zero-order chi connectivity index (χ0) is 21.0. The van der Waals surface area contributed by atoms with E-state index in [1.165, 1.54) is 6.07 Å². The number of aromatic nitrogens is 1. The van der Waals surface area contributed by atoms with Crippen molar-refractivity contribution < 1.29 is 18.1 Å². The molecule has 1 amide bonds. The van der Waals surface area contributed by atoms with Gasteiger partial charge in [-0.15, -0.1) is 0 Å². The van der Waals surface area contributed by atoms with E-state index in [0.29, 0.717) is 5.69 Å². The number of amides is 1. The van der Waals surface area contributed by atoms with E-state index >= 15 is 0 Å². The lowest BCUT2D eigenvalue weighted by atomic mass is 10.2. The van der Waals surface area contributed by atoms with Gasteiger partial charge in [-0.2, -0.15) is 0 Å². The minimum atomic E-state index is -4.06. The molecule has 0 fully saturated rings. The molecule has 1 heterocycles. The number of benzene rings is 2. The molecule has 0 unspecified atom stereocenters. The summed E-state index contributed by atoms with van der Waals surface area (Å²) in [5.41, 5.74) is 1.000. The molecule has 0 bridgehead atoms. The second kappa shape index (κ2) is 8.20. The molecule has 0 radical (unpaired) electrons. The predicted octanol–water partition coefficient (Wildman–Crippen LogP) is 2.23. The first-order valence-electron chi connectivity index (χ1n) is 8.44. The van der Waals surface area contributed by atoms with Crippen LogP contribution in [0.1, 0.15) is 6.42 Å². The van der Waals surface area contributed by atoms with Crippen LogP contribution in [-0.4, -0.2) is 30.8 Å². The van der Waals surface area contributed by atoms with Crippen LogP contribution < -0.4 is 15.8 Å². The van der Waals surface area contributed by atoms with Crippen molar-refractivity contribution in [3.05, 3.63) is 64.8 Å². The van der Waals surface area contributed by atoms with Crippen LogP contribution in [0.15, 0.2) is 59.6 Å². The van der Waals surface area contributed by atoms with E-state index < -0.39 is 20.6 Å². The molecule has 3 rings (SSSR count). The molecular formula is C18H17N5O5S. The van der Waals surface area contributed by atoms with Gasteiger partial charge in [-0.1, -0.05) is 6.07 Å². The second-order valence-electron chi connectivity index (χ2n) is 6.08. The molecule has 1 aromatic heterocycles. The third kappa shape index (κ3) is 4.83. The largest absolute Gasteiger partial charge is 0.379 e. The molecule has 29 heavy (non-hydrogen) atoms. The Hall–Kier alpha value is -3.57. The topological polar surface area (TPSA) is 157 Å². The summed E-state index contributed by atoms with van der Waals surface area (Å²) in [4.78, 5) is 26.6. The van der Waals surface area contributed by atoms with E-state index in [9.17, 15) is 23.3 Å². The van der Waals surface area contributed by atoms with Gasteiger partial charge in [0.15, 0.2) is 0 Å². The lowest BCUT2D eigenvalue weighted by Gasteiger charge is -2.10. The number of carbonyl (C=O) groups excluding carboxylic acids is 1. The molecule has 150 valence electrons. The molecule has 11 heteroatoms. The van der Waals surface area contributed by atoms with Gasteiger partial charge in [-0.3, -0.25) is 19.9 Å². The monoisotopic (exact) mass is 415 g/mol. The summed E-state index contributed by atoms with van der Waals surface area (Å²) in [6.45, 7) is 0.102. The van der Waals surface area contributed by atoms with Gasteiger partial charge in [-0.05, 0) is 36.4 Å². The fraction of sp³-hybridized carbons (Fsp3) is 0.111. The lowest BCUT2D eigenvalue weighted by molar-refractivity contribution is -0.384. The second-order valence-corrected chi connectivity index (χ2v) is 7.64. The molecular weight excluding hydrogens is 398 g/mol. The van der Waals surface area contributed by atoms with E-state index in [4.69, 9.17) is 5.14 Å². The van der Waals surface area contributed by atoms with Crippen LogP contribution in [0.3, 0.4) is 0 Å². The minimum Gasteiger partial charge on any atom is -0.379 e. The number of pyridine rings is 1. The normalized spacial score (nSPS) is 11.2. The SMILES string of the molecule is NS(=O)(=O)c1ccc(NCCC(=O)Nc2cccc3ncccc23)c([N+](=O)[O-])c1. The first-order chi connectivity index (χ1) is 13.8. The Morgan fingerprint density at radius 1 is 1.14 bits per heavy atom. The van der Waals surface area contributed by atoms with Crippen molar-refractivity contribution in [1.82, 2.24) is 4.98 Å². The number of fused-ring (bicyclic) bond motifs is 1. The minimum absolute atomic E-state index is 0.0325. The average Bonchev–Trinajstić information content (AvgIpc) is 2.67. The van der Waals surface area contributed by atoms with Gasteiger partial charge in [0.2, 0.25) is 15.9 Å². The molecule has 0 aliphatic heterocycles. The van der Waals surface area contributed by atoms with Gasteiger partial charge in [0, 0.05) is 30.6 Å². The highest BCUT2D eigenvalue weighted by molar-refractivity contribution is 7.89. The summed E-state index contributed by atoms with van der Waals surface area (Å²) >= 11 is 0. The van der Waals surface area contributed by atoms with Crippen molar-refractivity contribution in [1.29, 1.82) is 0 Å². The number of hydrogen-bond acceptors (Lipinski definition) is 7. The fourth-order valence-electron chi connectivity index (χ4n) is 2.72. The Bertz CT molecular complexity index is 1190. The van der Waals surface area contributed by atoms with Crippen molar-refractivity contribution in [2.75, 3.05) is 17.2 Å². The molecule has 0 saturated heterocycles. The maximum atomic E-state index is 12.2. The number of nitro benzene ring substituents is 1. The van der Waals surface area contributed by atoms with Crippen molar-refractivity contribution in [3.63, 3.8) is 0 Å². The van der Waals surface area contributed by atoms with Gasteiger partial charge in [0.25, 0.3) is 5.69 Å². The summed E-state index contributed by atoms with van der Waals surface area (Å²) < 4.78 is 22.7. The van der Waals surface area contributed by atoms with Crippen molar-refractivity contribution in [2.24, 2.45) is 5.14 Å². The van der Waals surface area contributed by atoms with Crippen LogP contribution >= 0.6 is 0 Å². The zero-order valence-corrected chi connectivity index (χ0v) is 15.8. The van der Waals surface area contributed by atoms with E-state index in [1.807, 2.05) is 12.1 Å². The van der Waals surface area contributed by atoms with Gasteiger partial charge in [0.1, 0.15) is 5.69 Å². The Labute approximate surface area is 165 Å². The van der Waals surface area contributed by atoms with E-state index in [1.54, 1.807) is 24.4 Å². The number of anilines is 2. The third-order valence-corrected chi connectivity index (χ3v) is 4.99. The Kier molecular flexibility index (Phi) is 5.71. The fourth-order valence-corrected chi connectivity index (χ4v) is 3.26. The zero-order valence-electron chi connectivity index (χ0n) is 15.0. The number of nitrogens with zero attached hydrogens (tertiary/aromatic N) is 2. The highest BCUT2D eigenvalue weighted by Crippen LogP contribution is 2.27. The van der Waals surface area contributed by atoms with E-state index in [0.717, 1.165) is 23.0 Å². The van der Waals surface area contributed by atoms with Gasteiger partial charge >= 0.3 is 0 Å². The highest BCUT2D eigenvalue weighted by atomic mass is 32.2. The van der Waals surface area contributed by atoms with Crippen LogP contribution in [0.5, 0.6) is 0 Å². The average molecular weight is 415 g/mol. The molecule has 0 spiro atoms. The first kappa shape index (κ1) is 20.2. The van der Waals surface area contributed by atoms with Gasteiger partial charge in [0.05, 0.1) is 21.0 Å². The molecule has 2 aromatic carbocycles. The summed E-state index contributed by atoms with van der Waals surface area (Å²) in [6.07, 6.45) is 1.69. The van der Waals surface area contributed by atoms with Crippen LogP contribution in [0, 0.1) is 10.1 Å². The molecule has 10 nitrogen and oxygen atoms in total. The Morgan fingerprint density at radius 2 is 1.93 bits per heavy atom. The number of hydrogen-bond donors (Lipinski definition) is 3. The third-order valence-electron chi connectivity index (χ3n) is 4.08. The molecule has 0 aliphatic rings. The molecule has 0 atom stereocenters. The number of nitrogens with one attached hydrogen (secondary N) is 2. The number of rotatable bonds is 7.